The van der Waals surface area contributed by atoms with Gasteiger partial charge in [0.1, 0.15) is 11.6 Å². The molecule has 2 aromatic rings. The van der Waals surface area contributed by atoms with Gasteiger partial charge in [0, 0.05) is 12.4 Å². The molecule has 1 heterocycles. The lowest BCUT2D eigenvalue weighted by molar-refractivity contribution is 0.505. The molecule has 0 aliphatic rings. The average molecular weight is 245 g/mol. The Balaban J connectivity index is 2.19. The maximum Gasteiger partial charge on any atom is 0.145 e. The van der Waals surface area contributed by atoms with Crippen molar-refractivity contribution in [2.45, 2.75) is 19.4 Å². The van der Waals surface area contributed by atoms with Crippen LogP contribution in [0, 0.1) is 5.82 Å². The molecule has 0 saturated carbocycles. The zero-order valence-corrected chi connectivity index (χ0v) is 10.3. The second kappa shape index (κ2) is 6.21. The molecule has 4 heteroatoms. The van der Waals surface area contributed by atoms with Gasteiger partial charge in [-0.3, -0.25) is 0 Å². The minimum atomic E-state index is -0.184. The number of hydrogen-bond donors (Lipinski definition) is 1. The van der Waals surface area contributed by atoms with E-state index in [1.165, 1.54) is 6.07 Å². The van der Waals surface area contributed by atoms with Crippen LogP contribution in [0.4, 0.5) is 4.39 Å². The quantitative estimate of drug-likeness (QED) is 0.879. The van der Waals surface area contributed by atoms with Crippen molar-refractivity contribution in [3.05, 3.63) is 59.9 Å². The van der Waals surface area contributed by atoms with Crippen LogP contribution < -0.4 is 5.32 Å². The molecule has 0 amide bonds. The van der Waals surface area contributed by atoms with Crippen LogP contribution in [0.5, 0.6) is 0 Å². The van der Waals surface area contributed by atoms with Gasteiger partial charge in [-0.25, -0.2) is 14.4 Å². The van der Waals surface area contributed by atoms with E-state index in [2.05, 4.69) is 15.3 Å². The summed E-state index contributed by atoms with van der Waals surface area (Å²) in [4.78, 5) is 8.45. The molecule has 1 aromatic carbocycles. The molecule has 18 heavy (non-hydrogen) atoms. The SMILES string of the molecule is CCNC(Cc1ccccc1F)c1ncccn1. The number of hydrogen-bond acceptors (Lipinski definition) is 3. The number of benzene rings is 1. The van der Waals surface area contributed by atoms with Gasteiger partial charge in [0.25, 0.3) is 0 Å². The van der Waals surface area contributed by atoms with Gasteiger partial charge in [-0.2, -0.15) is 0 Å². The van der Waals surface area contributed by atoms with Crippen molar-refractivity contribution in [1.82, 2.24) is 15.3 Å². The summed E-state index contributed by atoms with van der Waals surface area (Å²) in [6, 6.07) is 8.52. The van der Waals surface area contributed by atoms with E-state index in [9.17, 15) is 4.39 Å². The zero-order valence-electron chi connectivity index (χ0n) is 10.3. The van der Waals surface area contributed by atoms with Crippen LogP contribution in [0.25, 0.3) is 0 Å². The minimum absolute atomic E-state index is 0.0619. The molecular weight excluding hydrogens is 229 g/mol. The van der Waals surface area contributed by atoms with Crippen molar-refractivity contribution in [3.63, 3.8) is 0 Å². The number of halogens is 1. The normalized spacial score (nSPS) is 12.3. The highest BCUT2D eigenvalue weighted by Crippen LogP contribution is 2.16. The van der Waals surface area contributed by atoms with Gasteiger partial charge in [0.2, 0.25) is 0 Å². The number of nitrogens with zero attached hydrogens (tertiary/aromatic N) is 2. The first-order chi connectivity index (χ1) is 8.81. The Kier molecular flexibility index (Phi) is 4.36. The monoisotopic (exact) mass is 245 g/mol. The first-order valence-electron chi connectivity index (χ1n) is 6.05. The van der Waals surface area contributed by atoms with Crippen LogP contribution in [-0.4, -0.2) is 16.5 Å². The van der Waals surface area contributed by atoms with E-state index in [1.54, 1.807) is 30.6 Å². The van der Waals surface area contributed by atoms with Gasteiger partial charge in [0.05, 0.1) is 6.04 Å². The second-order valence-electron chi connectivity index (χ2n) is 4.01. The number of aromatic nitrogens is 2. The van der Waals surface area contributed by atoms with Gasteiger partial charge in [-0.05, 0) is 30.7 Å². The maximum absolute atomic E-state index is 13.6. The summed E-state index contributed by atoms with van der Waals surface area (Å²) in [5.74, 6) is 0.513. The van der Waals surface area contributed by atoms with E-state index in [1.807, 2.05) is 13.0 Å². The summed E-state index contributed by atoms with van der Waals surface area (Å²) in [6.07, 6.45) is 3.95. The Morgan fingerprint density at radius 1 is 1.17 bits per heavy atom. The van der Waals surface area contributed by atoms with E-state index in [0.717, 1.165) is 6.54 Å². The Labute approximate surface area is 106 Å². The van der Waals surface area contributed by atoms with Crippen molar-refractivity contribution in [1.29, 1.82) is 0 Å². The number of likely N-dealkylation sites (N-methyl/N-ethyl adjacent to an activating group) is 1. The average Bonchev–Trinajstić information content (AvgIpc) is 2.42. The molecule has 3 nitrogen and oxygen atoms in total. The molecule has 1 N–H and O–H groups in total. The Morgan fingerprint density at radius 3 is 2.56 bits per heavy atom. The topological polar surface area (TPSA) is 37.8 Å². The van der Waals surface area contributed by atoms with E-state index >= 15 is 0 Å². The van der Waals surface area contributed by atoms with Crippen molar-refractivity contribution < 1.29 is 4.39 Å². The molecular formula is C14H16FN3. The highest BCUT2D eigenvalue weighted by molar-refractivity contribution is 5.19. The van der Waals surface area contributed by atoms with Crippen molar-refractivity contribution in [3.8, 4) is 0 Å². The Morgan fingerprint density at radius 2 is 1.89 bits per heavy atom. The fourth-order valence-electron chi connectivity index (χ4n) is 1.88. The highest BCUT2D eigenvalue weighted by atomic mass is 19.1. The zero-order chi connectivity index (χ0) is 12.8. The summed E-state index contributed by atoms with van der Waals surface area (Å²) >= 11 is 0. The van der Waals surface area contributed by atoms with Crippen LogP contribution in [-0.2, 0) is 6.42 Å². The molecule has 0 fully saturated rings. The van der Waals surface area contributed by atoms with Crippen LogP contribution in [0.15, 0.2) is 42.7 Å². The van der Waals surface area contributed by atoms with E-state index in [4.69, 9.17) is 0 Å². The smallest absolute Gasteiger partial charge is 0.145 e. The highest BCUT2D eigenvalue weighted by Gasteiger charge is 2.15. The third-order valence-corrected chi connectivity index (χ3v) is 2.73. The summed E-state index contributed by atoms with van der Waals surface area (Å²) in [5, 5.41) is 3.28. The third-order valence-electron chi connectivity index (χ3n) is 2.73. The second-order valence-corrected chi connectivity index (χ2v) is 4.01. The van der Waals surface area contributed by atoms with Crippen LogP contribution in [0.1, 0.15) is 24.4 Å². The van der Waals surface area contributed by atoms with Gasteiger partial charge < -0.3 is 5.32 Å². The van der Waals surface area contributed by atoms with E-state index in [0.29, 0.717) is 17.8 Å². The van der Waals surface area contributed by atoms with Crippen molar-refractivity contribution >= 4 is 0 Å². The summed E-state index contributed by atoms with van der Waals surface area (Å²) in [7, 11) is 0. The Hall–Kier alpha value is -1.81. The number of rotatable bonds is 5. The molecule has 1 atom stereocenters. The van der Waals surface area contributed by atoms with Gasteiger partial charge in [-0.1, -0.05) is 25.1 Å². The predicted octanol–water partition coefficient (Wildman–Crippen LogP) is 2.51. The predicted molar refractivity (Wildman–Crippen MR) is 68.6 cm³/mol. The van der Waals surface area contributed by atoms with E-state index in [-0.39, 0.29) is 11.9 Å². The molecule has 1 unspecified atom stereocenters. The third kappa shape index (κ3) is 3.11. The van der Waals surface area contributed by atoms with Crippen LogP contribution in [0.3, 0.4) is 0 Å². The lowest BCUT2D eigenvalue weighted by Gasteiger charge is -2.16. The lowest BCUT2D eigenvalue weighted by atomic mass is 10.0. The molecule has 0 bridgehead atoms. The first kappa shape index (κ1) is 12.6. The maximum atomic E-state index is 13.6. The summed E-state index contributed by atoms with van der Waals surface area (Å²) in [5.41, 5.74) is 0.677. The molecule has 0 radical (unpaired) electrons. The largest absolute Gasteiger partial charge is 0.307 e. The number of nitrogens with one attached hydrogen (secondary N) is 1. The van der Waals surface area contributed by atoms with Gasteiger partial charge in [0.15, 0.2) is 0 Å². The Bertz CT molecular complexity index is 487. The van der Waals surface area contributed by atoms with Crippen LogP contribution >= 0.6 is 0 Å². The van der Waals surface area contributed by atoms with Gasteiger partial charge in [-0.15, -0.1) is 0 Å². The fourth-order valence-corrected chi connectivity index (χ4v) is 1.88. The molecule has 94 valence electrons. The standard InChI is InChI=1S/C14H16FN3/c1-2-16-13(14-17-8-5-9-18-14)10-11-6-3-4-7-12(11)15/h3-9,13,16H,2,10H2,1H3. The lowest BCUT2D eigenvalue weighted by Crippen LogP contribution is -2.25. The first-order valence-corrected chi connectivity index (χ1v) is 6.05. The molecule has 1 aromatic heterocycles. The molecule has 0 aliphatic carbocycles. The van der Waals surface area contributed by atoms with Crippen molar-refractivity contribution in [2.75, 3.05) is 6.54 Å². The summed E-state index contributed by atoms with van der Waals surface area (Å²) < 4.78 is 13.6. The molecule has 0 saturated heterocycles. The fraction of sp³-hybridized carbons (Fsp3) is 0.286. The summed E-state index contributed by atoms with van der Waals surface area (Å²) in [6.45, 7) is 2.80. The molecule has 2 rings (SSSR count). The molecule has 0 spiro atoms. The van der Waals surface area contributed by atoms with Crippen LogP contribution in [0.2, 0.25) is 0 Å². The minimum Gasteiger partial charge on any atom is -0.307 e. The van der Waals surface area contributed by atoms with Gasteiger partial charge >= 0.3 is 0 Å². The van der Waals surface area contributed by atoms with E-state index < -0.39 is 0 Å². The van der Waals surface area contributed by atoms with Crippen molar-refractivity contribution in [2.24, 2.45) is 0 Å². The molecule has 0 aliphatic heterocycles.